The monoisotopic (exact) mass is 384 g/mol. The molecule has 0 aliphatic carbocycles. The molecule has 2 aromatic rings. The molecule has 1 unspecified atom stereocenters. The van der Waals surface area contributed by atoms with E-state index in [0.717, 1.165) is 21.7 Å². The summed E-state index contributed by atoms with van der Waals surface area (Å²) < 4.78 is 11.0. The van der Waals surface area contributed by atoms with Crippen LogP contribution in [0.1, 0.15) is 11.1 Å². The minimum atomic E-state index is -0.172. The van der Waals surface area contributed by atoms with Crippen LogP contribution >= 0.6 is 0 Å². The number of nitrogens with one attached hydrogen (secondary N) is 3. The average molecular weight is 384 g/mol. The molecule has 1 atom stereocenters. The number of carbonyl (C=O) groups excluding carboxylic acids is 2. The summed E-state index contributed by atoms with van der Waals surface area (Å²) in [5, 5.41) is 5.75. The standard InChI is InChI=1S/C21H25N3O4/c1-14-5-4-6-17(15(14)2)23-21(26)13-24(3)12-20(25)22-16-7-8-18-19(11-16)28-10-9-27-18/h4-8,11H,9-10,12-13H2,1-3H3,(H,22,25)(H,23,26)/p+1. The molecule has 0 saturated carbocycles. The lowest BCUT2D eigenvalue weighted by molar-refractivity contribution is -0.862. The molecule has 0 spiro atoms. The van der Waals surface area contributed by atoms with Gasteiger partial charge in [-0.2, -0.15) is 0 Å². The summed E-state index contributed by atoms with van der Waals surface area (Å²) in [6.45, 7) is 5.37. The van der Waals surface area contributed by atoms with E-state index in [2.05, 4.69) is 10.6 Å². The zero-order chi connectivity index (χ0) is 20.1. The predicted octanol–water partition coefficient (Wildman–Crippen LogP) is 1.17. The molecular weight excluding hydrogens is 358 g/mol. The summed E-state index contributed by atoms with van der Waals surface area (Å²) in [6.07, 6.45) is 0. The van der Waals surface area contributed by atoms with E-state index >= 15 is 0 Å². The van der Waals surface area contributed by atoms with Crippen molar-refractivity contribution in [1.82, 2.24) is 0 Å². The second-order valence-corrected chi connectivity index (χ2v) is 7.01. The number of carbonyl (C=O) groups is 2. The molecule has 3 N–H and O–H groups in total. The summed E-state index contributed by atoms with van der Waals surface area (Å²) in [4.78, 5) is 25.4. The summed E-state index contributed by atoms with van der Waals surface area (Å²) in [7, 11) is 1.81. The van der Waals surface area contributed by atoms with Crippen molar-refractivity contribution >= 4 is 23.2 Å². The SMILES string of the molecule is Cc1cccc(NC(=O)C[NH+](C)CC(=O)Nc2ccc3c(c2)OCCO3)c1C. The Kier molecular flexibility index (Phi) is 6.16. The van der Waals surface area contributed by atoms with E-state index in [9.17, 15) is 9.59 Å². The number of anilines is 2. The smallest absolute Gasteiger partial charge is 0.279 e. The lowest BCUT2D eigenvalue weighted by Crippen LogP contribution is -3.11. The van der Waals surface area contributed by atoms with Gasteiger partial charge in [-0.15, -0.1) is 0 Å². The molecule has 3 rings (SSSR count). The number of rotatable bonds is 6. The van der Waals surface area contributed by atoms with E-state index in [1.165, 1.54) is 0 Å². The molecule has 0 fully saturated rings. The van der Waals surface area contributed by atoms with Crippen LogP contribution in [0.15, 0.2) is 36.4 Å². The topological polar surface area (TPSA) is 81.1 Å². The largest absolute Gasteiger partial charge is 0.486 e. The third kappa shape index (κ3) is 5.01. The Morgan fingerprint density at radius 2 is 1.64 bits per heavy atom. The van der Waals surface area contributed by atoms with Gasteiger partial charge in [-0.25, -0.2) is 0 Å². The van der Waals surface area contributed by atoms with Gasteiger partial charge < -0.3 is 25.0 Å². The van der Waals surface area contributed by atoms with Gasteiger partial charge in [0.2, 0.25) is 0 Å². The minimum Gasteiger partial charge on any atom is -0.486 e. The van der Waals surface area contributed by atoms with E-state index in [0.29, 0.717) is 30.4 Å². The molecule has 0 radical (unpaired) electrons. The normalized spacial score (nSPS) is 13.5. The highest BCUT2D eigenvalue weighted by molar-refractivity contribution is 5.93. The van der Waals surface area contributed by atoms with Crippen LogP contribution in [0.25, 0.3) is 0 Å². The molecule has 1 heterocycles. The Balaban J connectivity index is 1.50. The highest BCUT2D eigenvalue weighted by atomic mass is 16.6. The molecule has 0 saturated heterocycles. The van der Waals surface area contributed by atoms with Crippen molar-refractivity contribution in [3.63, 3.8) is 0 Å². The van der Waals surface area contributed by atoms with Gasteiger partial charge in [0.25, 0.3) is 11.8 Å². The number of benzene rings is 2. The number of quaternary nitrogens is 1. The zero-order valence-corrected chi connectivity index (χ0v) is 16.4. The first-order valence-electron chi connectivity index (χ1n) is 9.29. The van der Waals surface area contributed by atoms with Gasteiger partial charge in [0.1, 0.15) is 13.2 Å². The molecule has 0 bridgehead atoms. The Bertz CT molecular complexity index is 882. The summed E-state index contributed by atoms with van der Waals surface area (Å²) in [6, 6.07) is 11.1. The van der Waals surface area contributed by atoms with Crippen LogP contribution in [0.2, 0.25) is 0 Å². The Morgan fingerprint density at radius 3 is 2.39 bits per heavy atom. The second kappa shape index (κ2) is 8.75. The van der Waals surface area contributed by atoms with Crippen LogP contribution in [-0.2, 0) is 9.59 Å². The van der Waals surface area contributed by atoms with Crippen LogP contribution in [-0.4, -0.2) is 45.2 Å². The number of amides is 2. The maximum atomic E-state index is 12.3. The number of aryl methyl sites for hydroxylation is 1. The van der Waals surface area contributed by atoms with Crippen LogP contribution in [0.5, 0.6) is 11.5 Å². The number of likely N-dealkylation sites (N-methyl/N-ethyl adjacent to an activating group) is 1. The van der Waals surface area contributed by atoms with Crippen LogP contribution < -0.4 is 25.0 Å². The third-order valence-corrected chi connectivity index (χ3v) is 4.63. The molecule has 2 amide bonds. The molecule has 1 aliphatic heterocycles. The molecule has 2 aromatic carbocycles. The van der Waals surface area contributed by atoms with Crippen LogP contribution in [0.4, 0.5) is 11.4 Å². The fourth-order valence-electron chi connectivity index (χ4n) is 3.02. The van der Waals surface area contributed by atoms with Crippen molar-refractivity contribution in [2.45, 2.75) is 13.8 Å². The molecule has 0 aromatic heterocycles. The van der Waals surface area contributed by atoms with E-state index in [4.69, 9.17) is 9.47 Å². The van der Waals surface area contributed by atoms with Gasteiger partial charge >= 0.3 is 0 Å². The fourth-order valence-corrected chi connectivity index (χ4v) is 3.02. The van der Waals surface area contributed by atoms with Gasteiger partial charge in [0.05, 0.1) is 7.05 Å². The maximum absolute atomic E-state index is 12.3. The van der Waals surface area contributed by atoms with E-state index < -0.39 is 0 Å². The first-order chi connectivity index (χ1) is 13.4. The minimum absolute atomic E-state index is 0.127. The number of fused-ring (bicyclic) bond motifs is 1. The van der Waals surface area contributed by atoms with Gasteiger partial charge in [-0.1, -0.05) is 12.1 Å². The highest BCUT2D eigenvalue weighted by Crippen LogP contribution is 2.32. The van der Waals surface area contributed by atoms with Gasteiger partial charge in [-0.05, 0) is 43.2 Å². The lowest BCUT2D eigenvalue weighted by Gasteiger charge is -2.19. The number of hydrogen-bond acceptors (Lipinski definition) is 4. The first kappa shape index (κ1) is 19.7. The Morgan fingerprint density at radius 1 is 0.964 bits per heavy atom. The Hall–Kier alpha value is -3.06. The average Bonchev–Trinajstić information content (AvgIpc) is 2.65. The van der Waals surface area contributed by atoms with Crippen molar-refractivity contribution in [2.24, 2.45) is 0 Å². The van der Waals surface area contributed by atoms with Crippen LogP contribution in [0.3, 0.4) is 0 Å². The zero-order valence-electron chi connectivity index (χ0n) is 16.4. The maximum Gasteiger partial charge on any atom is 0.279 e. The van der Waals surface area contributed by atoms with E-state index in [1.807, 2.05) is 39.1 Å². The molecule has 7 heteroatoms. The third-order valence-electron chi connectivity index (χ3n) is 4.63. The van der Waals surface area contributed by atoms with Crippen molar-refractivity contribution in [3.05, 3.63) is 47.5 Å². The van der Waals surface area contributed by atoms with Crippen molar-refractivity contribution in [3.8, 4) is 11.5 Å². The van der Waals surface area contributed by atoms with Gasteiger partial charge in [0, 0.05) is 17.4 Å². The quantitative estimate of drug-likeness (QED) is 0.698. The summed E-state index contributed by atoms with van der Waals surface area (Å²) in [5.41, 5.74) is 3.61. The molecule has 1 aliphatic rings. The van der Waals surface area contributed by atoms with E-state index in [1.54, 1.807) is 18.2 Å². The van der Waals surface area contributed by atoms with Crippen molar-refractivity contribution in [2.75, 3.05) is 44.0 Å². The van der Waals surface area contributed by atoms with E-state index in [-0.39, 0.29) is 24.9 Å². The van der Waals surface area contributed by atoms with Crippen LogP contribution in [0, 0.1) is 13.8 Å². The highest BCUT2D eigenvalue weighted by Gasteiger charge is 2.17. The van der Waals surface area contributed by atoms with Crippen molar-refractivity contribution in [1.29, 1.82) is 0 Å². The second-order valence-electron chi connectivity index (χ2n) is 7.01. The number of ether oxygens (including phenoxy) is 2. The lowest BCUT2D eigenvalue weighted by atomic mass is 10.1. The fraction of sp³-hybridized carbons (Fsp3) is 0.333. The number of hydrogen-bond donors (Lipinski definition) is 3. The van der Waals surface area contributed by atoms with Crippen molar-refractivity contribution < 1.29 is 24.0 Å². The summed E-state index contributed by atoms with van der Waals surface area (Å²) in [5.74, 6) is 1.000. The molecule has 28 heavy (non-hydrogen) atoms. The Labute approximate surface area is 164 Å². The summed E-state index contributed by atoms with van der Waals surface area (Å²) >= 11 is 0. The predicted molar refractivity (Wildman–Crippen MR) is 107 cm³/mol. The molecule has 148 valence electrons. The van der Waals surface area contributed by atoms with Gasteiger partial charge in [0.15, 0.2) is 24.6 Å². The van der Waals surface area contributed by atoms with Gasteiger partial charge in [-0.3, -0.25) is 9.59 Å². The molecular formula is C21H26N3O4+. The molecule has 7 nitrogen and oxygen atoms in total. The first-order valence-corrected chi connectivity index (χ1v) is 9.29.